The molecule has 1 aliphatic rings. The van der Waals surface area contributed by atoms with Gasteiger partial charge in [0.05, 0.1) is 6.33 Å². The highest BCUT2D eigenvalue weighted by atomic mass is 16.2. The average Bonchev–Trinajstić information content (AvgIpc) is 2.78. The monoisotopic (exact) mass is 222 g/mol. The average molecular weight is 222 g/mol. The molecule has 88 valence electrons. The van der Waals surface area contributed by atoms with Crippen LogP contribution in [-0.4, -0.2) is 46.0 Å². The number of hydrogen-bond donors (Lipinski definition) is 1. The second-order valence-electron chi connectivity index (χ2n) is 4.25. The maximum Gasteiger partial charge on any atom is 0.224 e. The first-order valence-electron chi connectivity index (χ1n) is 5.72. The minimum Gasteiger partial charge on any atom is -0.340 e. The Bertz CT molecular complexity index is 336. The topological polar surface area (TPSA) is 50.2 Å². The van der Waals surface area contributed by atoms with Crippen LogP contribution in [0.4, 0.5) is 0 Å². The van der Waals surface area contributed by atoms with Crippen LogP contribution in [0.15, 0.2) is 18.7 Å². The molecule has 2 rings (SSSR count). The molecule has 1 aromatic heterocycles. The fraction of sp³-hybridized carbons (Fsp3) is 0.636. The van der Waals surface area contributed by atoms with E-state index in [-0.39, 0.29) is 5.91 Å². The summed E-state index contributed by atoms with van der Waals surface area (Å²) >= 11 is 0. The van der Waals surface area contributed by atoms with E-state index in [9.17, 15) is 4.79 Å². The maximum absolute atomic E-state index is 11.9. The Morgan fingerprint density at radius 3 is 3.19 bits per heavy atom. The number of amides is 1. The molecule has 0 bridgehead atoms. The molecule has 2 heterocycles. The molecule has 1 amide bonds. The number of aryl methyl sites for hydroxylation is 1. The summed E-state index contributed by atoms with van der Waals surface area (Å²) in [6, 6.07) is 0.408. The predicted molar refractivity (Wildman–Crippen MR) is 60.9 cm³/mol. The number of nitrogens with one attached hydrogen (secondary N) is 1. The van der Waals surface area contributed by atoms with Crippen molar-refractivity contribution in [2.45, 2.75) is 25.9 Å². The molecule has 16 heavy (non-hydrogen) atoms. The molecule has 1 aliphatic heterocycles. The molecule has 0 spiro atoms. The number of nitrogens with zero attached hydrogens (tertiary/aromatic N) is 3. The van der Waals surface area contributed by atoms with Crippen molar-refractivity contribution in [3.05, 3.63) is 18.7 Å². The lowest BCUT2D eigenvalue weighted by atomic mass is 10.2. The van der Waals surface area contributed by atoms with E-state index in [4.69, 9.17) is 0 Å². The smallest absolute Gasteiger partial charge is 0.224 e. The van der Waals surface area contributed by atoms with Gasteiger partial charge in [0.1, 0.15) is 0 Å². The normalized spacial score (nSPS) is 21.1. The summed E-state index contributed by atoms with van der Waals surface area (Å²) in [5, 5.41) is 3.33. The van der Waals surface area contributed by atoms with Crippen molar-refractivity contribution in [2.24, 2.45) is 0 Å². The van der Waals surface area contributed by atoms with Gasteiger partial charge in [-0.3, -0.25) is 4.79 Å². The van der Waals surface area contributed by atoms with Gasteiger partial charge in [0.15, 0.2) is 0 Å². The quantitative estimate of drug-likeness (QED) is 0.788. The summed E-state index contributed by atoms with van der Waals surface area (Å²) in [6.07, 6.45) is 5.92. The van der Waals surface area contributed by atoms with Crippen LogP contribution < -0.4 is 5.32 Å². The van der Waals surface area contributed by atoms with Gasteiger partial charge in [0, 0.05) is 51.0 Å². The van der Waals surface area contributed by atoms with E-state index in [1.807, 2.05) is 15.7 Å². The third-order valence-corrected chi connectivity index (χ3v) is 2.86. The van der Waals surface area contributed by atoms with Crippen molar-refractivity contribution in [1.29, 1.82) is 0 Å². The molecule has 1 saturated heterocycles. The zero-order valence-corrected chi connectivity index (χ0v) is 9.59. The van der Waals surface area contributed by atoms with Crippen molar-refractivity contribution in [1.82, 2.24) is 19.8 Å². The SMILES string of the molecule is C[C@H]1CN(C(=O)CCn2ccnc2)CCN1. The lowest BCUT2D eigenvalue weighted by Gasteiger charge is -2.32. The standard InChI is InChI=1S/C11H18N4O/c1-10-8-15(7-4-13-10)11(16)2-5-14-6-3-12-9-14/h3,6,9-10,13H,2,4-5,7-8H2,1H3/t10-/m0/s1. The molecule has 0 saturated carbocycles. The van der Waals surface area contributed by atoms with Crippen molar-refractivity contribution < 1.29 is 4.79 Å². The van der Waals surface area contributed by atoms with E-state index in [0.29, 0.717) is 12.5 Å². The number of aromatic nitrogens is 2. The van der Waals surface area contributed by atoms with Gasteiger partial charge >= 0.3 is 0 Å². The number of hydrogen-bond acceptors (Lipinski definition) is 3. The lowest BCUT2D eigenvalue weighted by molar-refractivity contribution is -0.132. The van der Waals surface area contributed by atoms with Crippen LogP contribution in [0.3, 0.4) is 0 Å². The first-order chi connectivity index (χ1) is 7.75. The Kier molecular flexibility index (Phi) is 3.56. The van der Waals surface area contributed by atoms with Gasteiger partial charge in [-0.1, -0.05) is 0 Å². The second-order valence-corrected chi connectivity index (χ2v) is 4.25. The zero-order valence-electron chi connectivity index (χ0n) is 9.59. The summed E-state index contributed by atoms with van der Waals surface area (Å²) in [5.74, 6) is 0.238. The predicted octanol–water partition coefficient (Wildman–Crippen LogP) is 0.0935. The number of imidazole rings is 1. The molecule has 5 heteroatoms. The van der Waals surface area contributed by atoms with Gasteiger partial charge in [0.2, 0.25) is 5.91 Å². The molecular weight excluding hydrogens is 204 g/mol. The number of rotatable bonds is 3. The molecule has 0 unspecified atom stereocenters. The van der Waals surface area contributed by atoms with Gasteiger partial charge in [-0.15, -0.1) is 0 Å². The van der Waals surface area contributed by atoms with Crippen molar-refractivity contribution >= 4 is 5.91 Å². The van der Waals surface area contributed by atoms with Crippen molar-refractivity contribution in [3.63, 3.8) is 0 Å². The van der Waals surface area contributed by atoms with Crippen LogP contribution in [0.2, 0.25) is 0 Å². The molecule has 5 nitrogen and oxygen atoms in total. The highest BCUT2D eigenvalue weighted by Gasteiger charge is 2.19. The fourth-order valence-electron chi connectivity index (χ4n) is 1.96. The van der Waals surface area contributed by atoms with E-state index >= 15 is 0 Å². The second kappa shape index (κ2) is 5.12. The summed E-state index contributed by atoms with van der Waals surface area (Å²) in [6.45, 7) is 5.38. The van der Waals surface area contributed by atoms with Gasteiger partial charge in [0.25, 0.3) is 0 Å². The molecule has 0 radical (unpaired) electrons. The minimum absolute atomic E-state index is 0.238. The summed E-state index contributed by atoms with van der Waals surface area (Å²) in [4.78, 5) is 17.8. The third kappa shape index (κ3) is 2.82. The van der Waals surface area contributed by atoms with Crippen LogP contribution in [0, 0.1) is 0 Å². The molecule has 1 fully saturated rings. The van der Waals surface area contributed by atoms with Gasteiger partial charge < -0.3 is 14.8 Å². The Morgan fingerprint density at radius 1 is 1.62 bits per heavy atom. The van der Waals surface area contributed by atoms with E-state index in [1.165, 1.54) is 0 Å². The van der Waals surface area contributed by atoms with E-state index in [1.54, 1.807) is 12.5 Å². The minimum atomic E-state index is 0.238. The van der Waals surface area contributed by atoms with Crippen LogP contribution in [-0.2, 0) is 11.3 Å². The maximum atomic E-state index is 11.9. The van der Waals surface area contributed by atoms with Crippen LogP contribution in [0.1, 0.15) is 13.3 Å². The van der Waals surface area contributed by atoms with Crippen molar-refractivity contribution in [3.8, 4) is 0 Å². The molecule has 0 aromatic carbocycles. The molecular formula is C11H18N4O. The molecule has 1 atom stereocenters. The zero-order chi connectivity index (χ0) is 11.4. The number of piperazine rings is 1. The highest BCUT2D eigenvalue weighted by Crippen LogP contribution is 2.02. The summed E-state index contributed by atoms with van der Waals surface area (Å²) in [5.41, 5.74) is 0. The summed E-state index contributed by atoms with van der Waals surface area (Å²) in [7, 11) is 0. The van der Waals surface area contributed by atoms with E-state index in [2.05, 4.69) is 17.2 Å². The van der Waals surface area contributed by atoms with Crippen LogP contribution in [0.5, 0.6) is 0 Å². The molecule has 1 aromatic rings. The lowest BCUT2D eigenvalue weighted by Crippen LogP contribution is -2.51. The van der Waals surface area contributed by atoms with E-state index < -0.39 is 0 Å². The van der Waals surface area contributed by atoms with Gasteiger partial charge in [-0.2, -0.15) is 0 Å². The van der Waals surface area contributed by atoms with Gasteiger partial charge in [-0.05, 0) is 6.92 Å². The molecule has 1 N–H and O–H groups in total. The Balaban J connectivity index is 1.79. The Hall–Kier alpha value is -1.36. The summed E-state index contributed by atoms with van der Waals surface area (Å²) < 4.78 is 1.93. The van der Waals surface area contributed by atoms with Crippen LogP contribution >= 0.6 is 0 Å². The third-order valence-electron chi connectivity index (χ3n) is 2.86. The first kappa shape index (κ1) is 11.1. The molecule has 0 aliphatic carbocycles. The Labute approximate surface area is 95.5 Å². The first-order valence-corrected chi connectivity index (χ1v) is 5.72. The number of carbonyl (C=O) groups is 1. The fourth-order valence-corrected chi connectivity index (χ4v) is 1.96. The highest BCUT2D eigenvalue weighted by molar-refractivity contribution is 5.76. The number of carbonyl (C=O) groups excluding carboxylic acids is 1. The van der Waals surface area contributed by atoms with Crippen LogP contribution in [0.25, 0.3) is 0 Å². The van der Waals surface area contributed by atoms with Crippen molar-refractivity contribution in [2.75, 3.05) is 19.6 Å². The van der Waals surface area contributed by atoms with Gasteiger partial charge in [-0.25, -0.2) is 4.98 Å². The largest absolute Gasteiger partial charge is 0.340 e. The van der Waals surface area contributed by atoms with E-state index in [0.717, 1.165) is 26.2 Å². The Morgan fingerprint density at radius 2 is 2.50 bits per heavy atom.